The van der Waals surface area contributed by atoms with Gasteiger partial charge in [0.05, 0.1) is 0 Å². The zero-order valence-electron chi connectivity index (χ0n) is 12.7. The number of nitrogens with zero attached hydrogens (tertiary/aromatic N) is 1. The maximum absolute atomic E-state index is 5.91. The van der Waals surface area contributed by atoms with Crippen LogP contribution in [-0.2, 0) is 6.42 Å². The molecular weight excluding hydrogens is 268 g/mol. The summed E-state index contributed by atoms with van der Waals surface area (Å²) in [6, 6.07) is 8.25. The minimum Gasteiger partial charge on any atom is -0.316 e. The molecule has 112 valence electrons. The smallest absolute Gasteiger partial charge is 0.0406 e. The first kappa shape index (κ1) is 15.8. The fourth-order valence-corrected chi connectivity index (χ4v) is 2.92. The van der Waals surface area contributed by atoms with E-state index < -0.39 is 0 Å². The van der Waals surface area contributed by atoms with Gasteiger partial charge in [0.2, 0.25) is 0 Å². The summed E-state index contributed by atoms with van der Waals surface area (Å²) in [7, 11) is 0. The monoisotopic (exact) mass is 294 g/mol. The quantitative estimate of drug-likeness (QED) is 0.828. The van der Waals surface area contributed by atoms with Crippen molar-refractivity contribution in [3.8, 4) is 0 Å². The van der Waals surface area contributed by atoms with Gasteiger partial charge in [-0.1, -0.05) is 37.6 Å². The van der Waals surface area contributed by atoms with Crippen LogP contribution in [0.2, 0.25) is 5.02 Å². The maximum atomic E-state index is 5.91. The number of nitrogens with one attached hydrogen (secondary N) is 1. The van der Waals surface area contributed by atoms with E-state index in [4.69, 9.17) is 11.6 Å². The molecule has 1 aliphatic heterocycles. The summed E-state index contributed by atoms with van der Waals surface area (Å²) in [5, 5.41) is 4.41. The Morgan fingerprint density at radius 2 is 2.05 bits per heavy atom. The van der Waals surface area contributed by atoms with E-state index in [1.54, 1.807) is 0 Å². The second kappa shape index (κ2) is 8.02. The molecule has 1 aromatic carbocycles. The molecule has 1 fully saturated rings. The van der Waals surface area contributed by atoms with Gasteiger partial charge in [-0.15, -0.1) is 0 Å². The highest BCUT2D eigenvalue weighted by atomic mass is 35.5. The van der Waals surface area contributed by atoms with Gasteiger partial charge in [0.1, 0.15) is 0 Å². The summed E-state index contributed by atoms with van der Waals surface area (Å²) in [5.41, 5.74) is 1.38. The molecule has 20 heavy (non-hydrogen) atoms. The molecule has 2 nitrogen and oxygen atoms in total. The zero-order chi connectivity index (χ0) is 14.4. The van der Waals surface area contributed by atoms with Gasteiger partial charge in [-0.3, -0.25) is 0 Å². The van der Waals surface area contributed by atoms with E-state index >= 15 is 0 Å². The topological polar surface area (TPSA) is 15.3 Å². The fourth-order valence-electron chi connectivity index (χ4n) is 2.80. The van der Waals surface area contributed by atoms with Crippen LogP contribution < -0.4 is 5.32 Å². The van der Waals surface area contributed by atoms with Gasteiger partial charge in [-0.05, 0) is 62.0 Å². The van der Waals surface area contributed by atoms with E-state index in [-0.39, 0.29) is 0 Å². The second-order valence-corrected chi connectivity index (χ2v) is 6.82. The number of likely N-dealkylation sites (tertiary alicyclic amines) is 1. The standard InChI is InChI=1S/C17H27ClN2/c1-14(2)11-19-12-16-8-10-20(13-16)9-7-15-3-5-17(18)6-4-15/h3-6,14,16,19H,7-13H2,1-2H3. The first-order valence-electron chi connectivity index (χ1n) is 7.81. The highest BCUT2D eigenvalue weighted by molar-refractivity contribution is 6.30. The van der Waals surface area contributed by atoms with Crippen LogP contribution in [0.3, 0.4) is 0 Å². The molecule has 1 saturated heterocycles. The largest absolute Gasteiger partial charge is 0.316 e. The predicted molar refractivity (Wildman–Crippen MR) is 87.4 cm³/mol. The summed E-state index contributed by atoms with van der Waals surface area (Å²) in [5.74, 6) is 1.58. The van der Waals surface area contributed by atoms with Gasteiger partial charge in [0, 0.05) is 18.1 Å². The maximum Gasteiger partial charge on any atom is 0.0406 e. The molecule has 1 heterocycles. The summed E-state index contributed by atoms with van der Waals surface area (Å²) < 4.78 is 0. The lowest BCUT2D eigenvalue weighted by Gasteiger charge is -2.16. The minimum atomic E-state index is 0.748. The molecule has 0 radical (unpaired) electrons. The van der Waals surface area contributed by atoms with Gasteiger partial charge in [0.25, 0.3) is 0 Å². The Kier molecular flexibility index (Phi) is 6.34. The normalized spacial score (nSPS) is 19.9. The van der Waals surface area contributed by atoms with Crippen LogP contribution in [0.4, 0.5) is 0 Å². The Balaban J connectivity index is 1.64. The number of rotatable bonds is 7. The zero-order valence-corrected chi connectivity index (χ0v) is 13.5. The van der Waals surface area contributed by atoms with Gasteiger partial charge >= 0.3 is 0 Å². The van der Waals surface area contributed by atoms with E-state index in [1.165, 1.54) is 38.2 Å². The molecule has 3 heteroatoms. The number of benzene rings is 1. The van der Waals surface area contributed by atoms with Gasteiger partial charge in [0.15, 0.2) is 0 Å². The third-order valence-corrected chi connectivity index (χ3v) is 4.24. The van der Waals surface area contributed by atoms with E-state index in [1.807, 2.05) is 12.1 Å². The summed E-state index contributed by atoms with van der Waals surface area (Å²) >= 11 is 5.91. The van der Waals surface area contributed by atoms with Crippen LogP contribution in [-0.4, -0.2) is 37.6 Å². The molecule has 0 amide bonds. The van der Waals surface area contributed by atoms with Crippen molar-refractivity contribution in [2.75, 3.05) is 32.7 Å². The molecule has 1 unspecified atom stereocenters. The Hall–Kier alpha value is -0.570. The minimum absolute atomic E-state index is 0.748. The Morgan fingerprint density at radius 1 is 1.30 bits per heavy atom. The molecule has 1 aliphatic rings. The molecule has 0 saturated carbocycles. The van der Waals surface area contributed by atoms with Crippen LogP contribution in [0, 0.1) is 11.8 Å². The summed E-state index contributed by atoms with van der Waals surface area (Å²) in [6.07, 6.45) is 2.47. The molecule has 1 N–H and O–H groups in total. The average molecular weight is 295 g/mol. The summed E-state index contributed by atoms with van der Waals surface area (Å²) in [4.78, 5) is 2.59. The van der Waals surface area contributed by atoms with Crippen molar-refractivity contribution in [3.05, 3.63) is 34.9 Å². The van der Waals surface area contributed by atoms with E-state index in [0.717, 1.165) is 29.8 Å². The Morgan fingerprint density at radius 3 is 2.75 bits per heavy atom. The van der Waals surface area contributed by atoms with Crippen molar-refractivity contribution in [1.82, 2.24) is 10.2 Å². The van der Waals surface area contributed by atoms with Crippen molar-refractivity contribution in [2.24, 2.45) is 11.8 Å². The fraction of sp³-hybridized carbons (Fsp3) is 0.647. The van der Waals surface area contributed by atoms with Crippen LogP contribution in [0.5, 0.6) is 0 Å². The van der Waals surface area contributed by atoms with Crippen molar-refractivity contribution >= 4 is 11.6 Å². The molecule has 1 aromatic rings. The third kappa shape index (κ3) is 5.43. The van der Waals surface area contributed by atoms with E-state index in [0.29, 0.717) is 0 Å². The van der Waals surface area contributed by atoms with Gasteiger partial charge < -0.3 is 10.2 Å². The Labute approximate surface area is 128 Å². The van der Waals surface area contributed by atoms with E-state index in [9.17, 15) is 0 Å². The first-order valence-corrected chi connectivity index (χ1v) is 8.19. The SMILES string of the molecule is CC(C)CNCC1CCN(CCc2ccc(Cl)cc2)C1. The molecule has 0 bridgehead atoms. The number of hydrogen-bond acceptors (Lipinski definition) is 2. The molecule has 0 aliphatic carbocycles. The van der Waals surface area contributed by atoms with Crippen LogP contribution in [0.1, 0.15) is 25.8 Å². The van der Waals surface area contributed by atoms with Crippen LogP contribution >= 0.6 is 11.6 Å². The average Bonchev–Trinajstić information content (AvgIpc) is 2.86. The molecular formula is C17H27ClN2. The predicted octanol–water partition coefficient (Wildman–Crippen LogP) is 3.45. The number of hydrogen-bond donors (Lipinski definition) is 1. The highest BCUT2D eigenvalue weighted by Crippen LogP contribution is 2.16. The Bertz CT molecular complexity index is 388. The van der Waals surface area contributed by atoms with Crippen molar-refractivity contribution in [1.29, 1.82) is 0 Å². The molecule has 0 aromatic heterocycles. The lowest BCUT2D eigenvalue weighted by atomic mass is 10.1. The summed E-state index contributed by atoms with van der Waals surface area (Å²) in [6.45, 7) is 10.5. The molecule has 2 rings (SSSR count). The third-order valence-electron chi connectivity index (χ3n) is 3.99. The lowest BCUT2D eigenvalue weighted by molar-refractivity contribution is 0.324. The second-order valence-electron chi connectivity index (χ2n) is 6.38. The van der Waals surface area contributed by atoms with Crippen molar-refractivity contribution < 1.29 is 0 Å². The molecule has 1 atom stereocenters. The van der Waals surface area contributed by atoms with Crippen LogP contribution in [0.25, 0.3) is 0 Å². The number of halogens is 1. The van der Waals surface area contributed by atoms with E-state index in [2.05, 4.69) is 36.2 Å². The van der Waals surface area contributed by atoms with Crippen molar-refractivity contribution in [3.63, 3.8) is 0 Å². The van der Waals surface area contributed by atoms with Gasteiger partial charge in [-0.25, -0.2) is 0 Å². The van der Waals surface area contributed by atoms with Crippen LogP contribution in [0.15, 0.2) is 24.3 Å². The van der Waals surface area contributed by atoms with Gasteiger partial charge in [-0.2, -0.15) is 0 Å². The van der Waals surface area contributed by atoms with Crippen molar-refractivity contribution in [2.45, 2.75) is 26.7 Å². The molecule has 0 spiro atoms. The highest BCUT2D eigenvalue weighted by Gasteiger charge is 2.21. The lowest BCUT2D eigenvalue weighted by Crippen LogP contribution is -2.29. The first-order chi connectivity index (χ1) is 9.63.